The Bertz CT molecular complexity index is 735. The average Bonchev–Trinajstić information content (AvgIpc) is 3.20. The molecule has 1 fully saturated rings. The molecular formula is C28H44O3. The van der Waals surface area contributed by atoms with Crippen molar-refractivity contribution in [2.75, 3.05) is 0 Å². The minimum absolute atomic E-state index is 0.0736. The molecule has 1 aliphatic carbocycles. The molecule has 31 heavy (non-hydrogen) atoms. The number of aliphatic carboxylic acids is 1. The number of rotatable bonds is 13. The van der Waals surface area contributed by atoms with E-state index in [1.54, 1.807) is 0 Å². The topological polar surface area (TPSA) is 54.4 Å². The first-order valence-electron chi connectivity index (χ1n) is 12.6. The fourth-order valence-electron chi connectivity index (χ4n) is 5.95. The van der Waals surface area contributed by atoms with Crippen molar-refractivity contribution in [3.05, 3.63) is 34.4 Å². The number of unbranched alkanes of at least 4 members (excludes halogenated alkanes) is 7. The summed E-state index contributed by atoms with van der Waals surface area (Å²) in [5.74, 6) is -0.724. The molecule has 3 nitrogen and oxygen atoms in total. The molecule has 0 heterocycles. The van der Waals surface area contributed by atoms with Crippen molar-refractivity contribution in [1.29, 1.82) is 0 Å². The van der Waals surface area contributed by atoms with Crippen molar-refractivity contribution in [2.24, 2.45) is 10.8 Å². The zero-order valence-electron chi connectivity index (χ0n) is 20.6. The summed E-state index contributed by atoms with van der Waals surface area (Å²) in [5.41, 5.74) is 2.07. The maximum atomic E-state index is 14.0. The SMILES string of the molecule is CCCCCCCCCCC(C)(C(=O)O)C1(C(=O)c2c(C)cc(C)cc2C)CCCC1. The van der Waals surface area contributed by atoms with Gasteiger partial charge in [-0.25, -0.2) is 0 Å². The monoisotopic (exact) mass is 428 g/mol. The first-order chi connectivity index (χ1) is 14.7. The molecule has 0 amide bonds. The second-order valence-corrected chi connectivity index (χ2v) is 10.3. The Hall–Kier alpha value is -1.64. The van der Waals surface area contributed by atoms with Crippen LogP contribution < -0.4 is 0 Å². The van der Waals surface area contributed by atoms with E-state index in [1.807, 2.05) is 27.7 Å². The normalized spacial score (nSPS) is 17.5. The molecule has 0 radical (unpaired) electrons. The number of aryl methyl sites for hydroxylation is 3. The summed E-state index contributed by atoms with van der Waals surface area (Å²) in [6, 6.07) is 4.11. The van der Waals surface area contributed by atoms with Gasteiger partial charge in [-0.3, -0.25) is 9.59 Å². The fourth-order valence-corrected chi connectivity index (χ4v) is 5.95. The van der Waals surface area contributed by atoms with E-state index in [2.05, 4.69) is 19.1 Å². The molecule has 2 rings (SSSR count). The molecule has 0 aromatic heterocycles. The Morgan fingerprint density at radius 2 is 1.39 bits per heavy atom. The van der Waals surface area contributed by atoms with Gasteiger partial charge in [-0.2, -0.15) is 0 Å². The van der Waals surface area contributed by atoms with E-state index < -0.39 is 16.8 Å². The molecule has 1 saturated carbocycles. The van der Waals surface area contributed by atoms with Crippen LogP contribution in [0.3, 0.4) is 0 Å². The van der Waals surface area contributed by atoms with Gasteiger partial charge in [0.15, 0.2) is 5.78 Å². The molecule has 1 N–H and O–H groups in total. The van der Waals surface area contributed by atoms with E-state index >= 15 is 0 Å². The molecule has 0 spiro atoms. The van der Waals surface area contributed by atoms with Gasteiger partial charge in [0.2, 0.25) is 0 Å². The third kappa shape index (κ3) is 5.59. The lowest BCUT2D eigenvalue weighted by Crippen LogP contribution is -2.49. The summed E-state index contributed by atoms with van der Waals surface area (Å²) in [4.78, 5) is 26.7. The smallest absolute Gasteiger partial charge is 0.310 e. The van der Waals surface area contributed by atoms with Gasteiger partial charge in [0.05, 0.1) is 5.41 Å². The summed E-state index contributed by atoms with van der Waals surface area (Å²) < 4.78 is 0. The number of carboxylic acid groups (broad SMARTS) is 1. The van der Waals surface area contributed by atoms with E-state index in [0.29, 0.717) is 19.3 Å². The number of carbonyl (C=O) groups is 2. The summed E-state index contributed by atoms with van der Waals surface area (Å²) in [7, 11) is 0. The Kier molecular flexibility index (Phi) is 9.33. The minimum Gasteiger partial charge on any atom is -0.481 e. The average molecular weight is 429 g/mol. The molecule has 0 saturated heterocycles. The third-order valence-corrected chi connectivity index (χ3v) is 7.85. The number of carbonyl (C=O) groups excluding carboxylic acids is 1. The van der Waals surface area contributed by atoms with Crippen LogP contribution in [0.5, 0.6) is 0 Å². The molecule has 1 unspecified atom stereocenters. The Morgan fingerprint density at radius 3 is 1.87 bits per heavy atom. The molecule has 0 bridgehead atoms. The van der Waals surface area contributed by atoms with Crippen molar-refractivity contribution in [3.63, 3.8) is 0 Å². The second-order valence-electron chi connectivity index (χ2n) is 10.3. The molecule has 1 aliphatic rings. The standard InChI is InChI=1S/C28H44O3/c1-6-7-8-9-10-11-12-13-16-27(5,26(30)31)28(17-14-15-18-28)25(29)24-22(3)19-21(2)20-23(24)4/h19-20H,6-18H2,1-5H3,(H,30,31). The van der Waals surface area contributed by atoms with Crippen molar-refractivity contribution in [3.8, 4) is 0 Å². The van der Waals surface area contributed by atoms with Crippen LogP contribution >= 0.6 is 0 Å². The summed E-state index contributed by atoms with van der Waals surface area (Å²) in [5, 5.41) is 10.4. The highest BCUT2D eigenvalue weighted by Gasteiger charge is 2.58. The molecule has 1 atom stereocenters. The number of carboxylic acids is 1. The quantitative estimate of drug-likeness (QED) is 0.256. The molecule has 0 aliphatic heterocycles. The van der Waals surface area contributed by atoms with Crippen molar-refractivity contribution in [2.45, 2.75) is 118 Å². The van der Waals surface area contributed by atoms with E-state index in [4.69, 9.17) is 0 Å². The van der Waals surface area contributed by atoms with E-state index in [0.717, 1.165) is 54.4 Å². The summed E-state index contributed by atoms with van der Waals surface area (Å²) in [6.07, 6.45) is 13.3. The highest BCUT2D eigenvalue weighted by molar-refractivity contribution is 6.06. The van der Waals surface area contributed by atoms with Crippen molar-refractivity contribution >= 4 is 11.8 Å². The third-order valence-electron chi connectivity index (χ3n) is 7.85. The predicted molar refractivity (Wildman–Crippen MR) is 129 cm³/mol. The fraction of sp³-hybridized carbons (Fsp3) is 0.714. The van der Waals surface area contributed by atoms with Crippen LogP contribution in [0.15, 0.2) is 12.1 Å². The Morgan fingerprint density at radius 1 is 0.903 bits per heavy atom. The first-order valence-corrected chi connectivity index (χ1v) is 12.6. The number of benzene rings is 1. The Labute approximate surface area is 190 Å². The first kappa shape index (κ1) is 25.6. The van der Waals surface area contributed by atoms with Crippen molar-refractivity contribution < 1.29 is 14.7 Å². The predicted octanol–water partition coefficient (Wildman–Crippen LogP) is 7.98. The van der Waals surface area contributed by atoms with Crippen LogP contribution in [0, 0.1) is 31.6 Å². The van der Waals surface area contributed by atoms with Crippen LogP contribution in [0.4, 0.5) is 0 Å². The number of ketones is 1. The molecular weight excluding hydrogens is 384 g/mol. The van der Waals surface area contributed by atoms with Gasteiger partial charge >= 0.3 is 5.97 Å². The number of Topliss-reactive ketones (excluding diaryl/α,β-unsaturated/α-hetero) is 1. The van der Waals surface area contributed by atoms with E-state index in [1.165, 1.54) is 32.1 Å². The van der Waals surface area contributed by atoms with E-state index in [-0.39, 0.29) is 5.78 Å². The maximum absolute atomic E-state index is 14.0. The number of hydrogen-bond acceptors (Lipinski definition) is 2. The van der Waals surface area contributed by atoms with Gasteiger partial charge in [0.1, 0.15) is 0 Å². The Balaban J connectivity index is 2.21. The second kappa shape index (κ2) is 11.3. The van der Waals surface area contributed by atoms with Gasteiger partial charge in [0, 0.05) is 11.0 Å². The highest BCUT2D eigenvalue weighted by atomic mass is 16.4. The summed E-state index contributed by atoms with van der Waals surface area (Å²) in [6.45, 7) is 10.1. The van der Waals surface area contributed by atoms with Crippen LogP contribution in [-0.2, 0) is 4.79 Å². The molecule has 1 aromatic carbocycles. The largest absolute Gasteiger partial charge is 0.481 e. The summed E-state index contributed by atoms with van der Waals surface area (Å²) >= 11 is 0. The van der Waals surface area contributed by atoms with Gasteiger partial charge in [-0.05, 0) is 58.1 Å². The van der Waals surface area contributed by atoms with Crippen LogP contribution in [0.25, 0.3) is 0 Å². The van der Waals surface area contributed by atoms with Gasteiger partial charge in [-0.15, -0.1) is 0 Å². The minimum atomic E-state index is -1.01. The van der Waals surface area contributed by atoms with Gasteiger partial charge in [0.25, 0.3) is 0 Å². The van der Waals surface area contributed by atoms with Crippen LogP contribution in [-0.4, -0.2) is 16.9 Å². The lowest BCUT2D eigenvalue weighted by molar-refractivity contribution is -0.155. The highest BCUT2D eigenvalue weighted by Crippen LogP contribution is 2.56. The number of hydrogen-bond donors (Lipinski definition) is 1. The molecule has 1 aromatic rings. The van der Waals surface area contributed by atoms with Gasteiger partial charge in [-0.1, -0.05) is 88.8 Å². The zero-order chi connectivity index (χ0) is 23.1. The zero-order valence-corrected chi connectivity index (χ0v) is 20.6. The lowest BCUT2D eigenvalue weighted by atomic mass is 9.57. The van der Waals surface area contributed by atoms with Crippen LogP contribution in [0.2, 0.25) is 0 Å². The van der Waals surface area contributed by atoms with Crippen molar-refractivity contribution in [1.82, 2.24) is 0 Å². The maximum Gasteiger partial charge on any atom is 0.310 e. The van der Waals surface area contributed by atoms with Gasteiger partial charge < -0.3 is 5.11 Å². The lowest BCUT2D eigenvalue weighted by Gasteiger charge is -2.43. The molecule has 174 valence electrons. The molecule has 3 heteroatoms. The van der Waals surface area contributed by atoms with E-state index in [9.17, 15) is 14.7 Å². The van der Waals surface area contributed by atoms with Crippen LogP contribution in [0.1, 0.15) is 124 Å².